The van der Waals surface area contributed by atoms with E-state index in [1.807, 2.05) is 12.1 Å². The second-order valence-electron chi connectivity index (χ2n) is 7.44. The highest BCUT2D eigenvalue weighted by atomic mass is 16.5. The number of carboxylic acid groups (broad SMARTS) is 1. The molecule has 0 amide bonds. The molecule has 2 aliphatic rings. The van der Waals surface area contributed by atoms with Crippen molar-refractivity contribution < 1.29 is 33.6 Å². The fourth-order valence-corrected chi connectivity index (χ4v) is 3.75. The summed E-state index contributed by atoms with van der Waals surface area (Å²) in [6.07, 6.45) is 1.69. The van der Waals surface area contributed by atoms with Crippen LogP contribution >= 0.6 is 0 Å². The first-order valence-electron chi connectivity index (χ1n) is 9.37. The Balaban J connectivity index is 1.77. The quantitative estimate of drug-likeness (QED) is 0.678. The van der Waals surface area contributed by atoms with E-state index >= 15 is 0 Å². The largest absolute Gasteiger partial charge is 0.493 e. The van der Waals surface area contributed by atoms with Crippen molar-refractivity contribution in [1.82, 2.24) is 0 Å². The van der Waals surface area contributed by atoms with E-state index in [4.69, 9.17) is 18.9 Å². The molecule has 2 aromatic carbocycles. The van der Waals surface area contributed by atoms with Crippen molar-refractivity contribution in [2.24, 2.45) is 5.41 Å². The molecule has 0 unspecified atom stereocenters. The molecule has 0 aromatic heterocycles. The number of carbonyl (C=O) groups is 2. The molecule has 0 spiro atoms. The van der Waals surface area contributed by atoms with Crippen molar-refractivity contribution in [1.29, 1.82) is 0 Å². The molecule has 152 valence electrons. The minimum atomic E-state index is -0.833. The summed E-state index contributed by atoms with van der Waals surface area (Å²) in [6.45, 7) is 0.460. The lowest BCUT2D eigenvalue weighted by Gasteiger charge is -2.21. The number of methoxy groups -OCH3 is 2. The van der Waals surface area contributed by atoms with Crippen LogP contribution in [0.1, 0.15) is 35.2 Å². The molecule has 0 bridgehead atoms. The Bertz CT molecular complexity index is 975. The van der Waals surface area contributed by atoms with Gasteiger partial charge >= 0.3 is 11.9 Å². The third-order valence-corrected chi connectivity index (χ3v) is 5.54. The molecular formula is C22H22O7. The average Bonchev–Trinajstić information content (AvgIpc) is 3.37. The van der Waals surface area contributed by atoms with E-state index in [0.29, 0.717) is 22.8 Å². The summed E-state index contributed by atoms with van der Waals surface area (Å²) in [5.74, 6) is 0.230. The van der Waals surface area contributed by atoms with Crippen molar-refractivity contribution >= 4 is 11.9 Å². The molecule has 2 aromatic rings. The summed E-state index contributed by atoms with van der Waals surface area (Å²) < 4.78 is 22.4. The zero-order valence-corrected chi connectivity index (χ0v) is 16.3. The second kappa shape index (κ2) is 7.31. The number of ether oxygens (including phenoxy) is 4. The first-order chi connectivity index (χ1) is 14.0. The number of benzene rings is 2. The lowest BCUT2D eigenvalue weighted by Crippen LogP contribution is -2.18. The maximum Gasteiger partial charge on any atom is 0.338 e. The van der Waals surface area contributed by atoms with Gasteiger partial charge in [-0.05, 0) is 36.6 Å². The monoisotopic (exact) mass is 398 g/mol. The molecule has 1 saturated carbocycles. The molecule has 1 N–H and O–H groups in total. The van der Waals surface area contributed by atoms with Gasteiger partial charge in [-0.3, -0.25) is 4.79 Å². The number of fused-ring (bicyclic) bond motifs is 1. The number of cyclic esters (lactones) is 1. The Morgan fingerprint density at radius 3 is 2.48 bits per heavy atom. The zero-order valence-electron chi connectivity index (χ0n) is 16.3. The van der Waals surface area contributed by atoms with Gasteiger partial charge < -0.3 is 24.1 Å². The Morgan fingerprint density at radius 2 is 1.83 bits per heavy atom. The normalized spacial score (nSPS) is 16.0. The lowest BCUT2D eigenvalue weighted by molar-refractivity contribution is -0.138. The minimum Gasteiger partial charge on any atom is -0.493 e. The van der Waals surface area contributed by atoms with Crippen molar-refractivity contribution in [3.8, 4) is 28.4 Å². The summed E-state index contributed by atoms with van der Waals surface area (Å²) in [5.41, 5.74) is 2.53. The maximum absolute atomic E-state index is 12.0. The Labute approximate surface area is 168 Å². The fourth-order valence-electron chi connectivity index (χ4n) is 3.75. The Kier molecular flexibility index (Phi) is 4.82. The zero-order chi connectivity index (χ0) is 20.6. The van der Waals surface area contributed by atoms with Crippen molar-refractivity contribution in [3.63, 3.8) is 0 Å². The minimum absolute atomic E-state index is 0.0672. The van der Waals surface area contributed by atoms with Gasteiger partial charge in [-0.2, -0.15) is 0 Å². The van der Waals surface area contributed by atoms with Crippen LogP contribution in [0.3, 0.4) is 0 Å². The highest BCUT2D eigenvalue weighted by Crippen LogP contribution is 2.51. The van der Waals surface area contributed by atoms with E-state index in [-0.39, 0.29) is 31.0 Å². The van der Waals surface area contributed by atoms with Gasteiger partial charge in [0.25, 0.3) is 0 Å². The number of carboxylic acids is 1. The molecule has 7 nitrogen and oxygen atoms in total. The summed E-state index contributed by atoms with van der Waals surface area (Å²) in [7, 11) is 3.07. The van der Waals surface area contributed by atoms with E-state index < -0.39 is 5.97 Å². The van der Waals surface area contributed by atoms with Crippen molar-refractivity contribution in [2.75, 3.05) is 20.8 Å². The lowest BCUT2D eigenvalue weighted by atomic mass is 9.95. The van der Waals surface area contributed by atoms with E-state index in [1.165, 1.54) is 7.11 Å². The third-order valence-electron chi connectivity index (χ3n) is 5.54. The predicted molar refractivity (Wildman–Crippen MR) is 104 cm³/mol. The molecule has 4 rings (SSSR count). The van der Waals surface area contributed by atoms with Gasteiger partial charge in [0.2, 0.25) is 5.75 Å². The van der Waals surface area contributed by atoms with Crippen LogP contribution in [0.15, 0.2) is 30.3 Å². The van der Waals surface area contributed by atoms with Crippen LogP contribution in [-0.2, 0) is 16.1 Å². The van der Waals surface area contributed by atoms with Crippen LogP contribution in [0.4, 0.5) is 0 Å². The number of hydrogen-bond donors (Lipinski definition) is 1. The van der Waals surface area contributed by atoms with Gasteiger partial charge in [0.1, 0.15) is 6.61 Å². The highest BCUT2D eigenvalue weighted by Gasteiger charge is 2.45. The smallest absolute Gasteiger partial charge is 0.338 e. The van der Waals surface area contributed by atoms with Gasteiger partial charge in [-0.15, -0.1) is 0 Å². The summed E-state index contributed by atoms with van der Waals surface area (Å²) in [5, 5.41) is 9.19. The van der Waals surface area contributed by atoms with Gasteiger partial charge in [-0.1, -0.05) is 12.1 Å². The topological polar surface area (TPSA) is 91.3 Å². The highest BCUT2D eigenvalue weighted by molar-refractivity contribution is 5.96. The first-order valence-corrected chi connectivity index (χ1v) is 9.37. The van der Waals surface area contributed by atoms with Crippen LogP contribution < -0.4 is 14.2 Å². The fraction of sp³-hybridized carbons (Fsp3) is 0.364. The van der Waals surface area contributed by atoms with Crippen molar-refractivity contribution in [2.45, 2.75) is 25.9 Å². The van der Waals surface area contributed by atoms with Gasteiger partial charge in [0.15, 0.2) is 11.5 Å². The molecule has 7 heteroatoms. The third kappa shape index (κ3) is 3.48. The first kappa shape index (κ1) is 19.1. The maximum atomic E-state index is 12.0. The summed E-state index contributed by atoms with van der Waals surface area (Å²) >= 11 is 0. The van der Waals surface area contributed by atoms with Crippen LogP contribution in [0.2, 0.25) is 0 Å². The Hall–Kier alpha value is -3.22. The average molecular weight is 398 g/mol. The molecule has 0 radical (unpaired) electrons. The Morgan fingerprint density at radius 1 is 1.07 bits per heavy atom. The molecule has 1 fully saturated rings. The number of esters is 1. The van der Waals surface area contributed by atoms with Crippen molar-refractivity contribution in [3.05, 3.63) is 41.5 Å². The molecule has 1 aliphatic heterocycles. The number of carbonyl (C=O) groups excluding carboxylic acids is 1. The molecule has 0 saturated heterocycles. The number of hydrogen-bond acceptors (Lipinski definition) is 6. The van der Waals surface area contributed by atoms with Gasteiger partial charge in [0, 0.05) is 16.5 Å². The second-order valence-corrected chi connectivity index (χ2v) is 7.44. The van der Waals surface area contributed by atoms with Gasteiger partial charge in [0.05, 0.1) is 32.8 Å². The van der Waals surface area contributed by atoms with E-state index in [2.05, 4.69) is 0 Å². The van der Waals surface area contributed by atoms with Crippen LogP contribution in [-0.4, -0.2) is 37.9 Å². The van der Waals surface area contributed by atoms with Crippen LogP contribution in [0.25, 0.3) is 11.1 Å². The number of rotatable bonds is 8. The van der Waals surface area contributed by atoms with E-state index in [0.717, 1.165) is 29.5 Å². The number of aliphatic carboxylic acids is 1. The van der Waals surface area contributed by atoms with E-state index in [9.17, 15) is 14.7 Å². The summed E-state index contributed by atoms with van der Waals surface area (Å²) in [4.78, 5) is 23.2. The molecule has 1 heterocycles. The standard InChI is InChI=1S/C22H22O7/c1-26-17-7-6-14(13-4-3-5-15-16(13)11-28-21(15)25)19(20(17)27-2)29-12-22(8-9-22)10-18(23)24/h3-7H,8-12H2,1-2H3,(H,23,24). The van der Waals surface area contributed by atoms with Gasteiger partial charge in [-0.25, -0.2) is 4.79 Å². The van der Waals surface area contributed by atoms with Crippen LogP contribution in [0, 0.1) is 5.41 Å². The molecule has 29 heavy (non-hydrogen) atoms. The molecule has 1 aliphatic carbocycles. The van der Waals surface area contributed by atoms with Crippen LogP contribution in [0.5, 0.6) is 17.2 Å². The molecule has 0 atom stereocenters. The molecular weight excluding hydrogens is 376 g/mol. The predicted octanol–water partition coefficient (Wildman–Crippen LogP) is 3.67. The van der Waals surface area contributed by atoms with E-state index in [1.54, 1.807) is 25.3 Å². The SMILES string of the molecule is COc1ccc(-c2cccc3c2COC3=O)c(OCC2(CC(=O)O)CC2)c1OC. The summed E-state index contributed by atoms with van der Waals surface area (Å²) in [6, 6.07) is 9.07.